The molecule has 0 bridgehead atoms. The summed E-state index contributed by atoms with van der Waals surface area (Å²) in [5.41, 5.74) is 1.42. The van der Waals surface area contributed by atoms with Crippen LogP contribution in [0.15, 0.2) is 12.1 Å². The number of carbonyl (C=O) groups excluding carboxylic acids is 1. The Kier molecular flexibility index (Phi) is 3.34. The van der Waals surface area contributed by atoms with E-state index >= 15 is 0 Å². The van der Waals surface area contributed by atoms with Crippen LogP contribution in [0.1, 0.15) is 13.3 Å². The molecule has 90 valence electrons. The van der Waals surface area contributed by atoms with Gasteiger partial charge >= 0.3 is 0 Å². The molecule has 0 radical (unpaired) electrons. The number of anilines is 1. The van der Waals surface area contributed by atoms with E-state index in [0.29, 0.717) is 27.2 Å². The molecule has 0 N–H and O–H groups in total. The van der Waals surface area contributed by atoms with Crippen molar-refractivity contribution in [2.75, 3.05) is 12.1 Å². The van der Waals surface area contributed by atoms with Crippen LogP contribution >= 0.6 is 34.8 Å². The minimum atomic E-state index is -0.0591. The highest BCUT2D eigenvalue weighted by Crippen LogP contribution is 2.37. The molecule has 17 heavy (non-hydrogen) atoms. The van der Waals surface area contributed by atoms with Crippen molar-refractivity contribution in [3.05, 3.63) is 27.2 Å². The second-order valence-electron chi connectivity index (χ2n) is 3.86. The van der Waals surface area contributed by atoms with E-state index in [9.17, 15) is 4.79 Å². The van der Waals surface area contributed by atoms with Gasteiger partial charge in [-0.15, -0.1) is 4.68 Å². The van der Waals surface area contributed by atoms with Gasteiger partial charge in [-0.2, -0.15) is 0 Å². The van der Waals surface area contributed by atoms with E-state index in [1.807, 2.05) is 6.92 Å². The van der Waals surface area contributed by atoms with Gasteiger partial charge in [0.25, 0.3) is 5.91 Å². The molecule has 0 aliphatic carbocycles. The Morgan fingerprint density at radius 2 is 1.76 bits per heavy atom. The van der Waals surface area contributed by atoms with Crippen molar-refractivity contribution in [3.63, 3.8) is 0 Å². The number of rotatable bonds is 1. The first-order chi connectivity index (χ1) is 7.91. The predicted octanol–water partition coefficient (Wildman–Crippen LogP) is 3.40. The lowest BCUT2D eigenvalue weighted by atomic mass is 10.3. The summed E-state index contributed by atoms with van der Waals surface area (Å²) in [5.74, 6) is -0.0591. The number of nitrogens with zero attached hydrogens (tertiary/aromatic N) is 2. The van der Waals surface area contributed by atoms with E-state index in [1.54, 1.807) is 23.9 Å². The van der Waals surface area contributed by atoms with Gasteiger partial charge in [-0.1, -0.05) is 39.8 Å². The Morgan fingerprint density at radius 1 is 1.24 bits per heavy atom. The Morgan fingerprint density at radius 3 is 2.18 bits per heavy atom. The number of hydrazone groups is 1. The van der Waals surface area contributed by atoms with Crippen molar-refractivity contribution in [2.24, 2.45) is 0 Å². The van der Waals surface area contributed by atoms with Gasteiger partial charge in [0.2, 0.25) is 0 Å². The van der Waals surface area contributed by atoms with Crippen molar-refractivity contribution in [1.29, 1.82) is 0 Å². The standard InChI is InChI=1S/C11H10Cl3N2O/c1-6-3-10(17)16(15(6)2)11-8(13)4-7(12)5-9(11)14/h4-5H,3H2,1-2H3/q+1. The number of hydrazine groups is 1. The third-order valence-corrected chi connectivity index (χ3v) is 3.48. The second kappa shape index (κ2) is 4.48. The first-order valence-corrected chi connectivity index (χ1v) is 6.08. The van der Waals surface area contributed by atoms with Gasteiger partial charge < -0.3 is 0 Å². The normalized spacial score (nSPS) is 16.1. The van der Waals surface area contributed by atoms with Crippen LogP contribution in [0.2, 0.25) is 15.1 Å². The van der Waals surface area contributed by atoms with E-state index < -0.39 is 0 Å². The van der Waals surface area contributed by atoms with Crippen molar-refractivity contribution in [2.45, 2.75) is 13.3 Å². The second-order valence-corrected chi connectivity index (χ2v) is 5.11. The molecule has 1 aliphatic heterocycles. The van der Waals surface area contributed by atoms with Crippen LogP contribution in [0.4, 0.5) is 5.69 Å². The lowest BCUT2D eigenvalue weighted by molar-refractivity contribution is -0.495. The molecule has 1 aromatic carbocycles. The van der Waals surface area contributed by atoms with Crippen LogP contribution in [0.3, 0.4) is 0 Å². The summed E-state index contributed by atoms with van der Waals surface area (Å²) in [4.78, 5) is 11.9. The minimum absolute atomic E-state index is 0.0591. The summed E-state index contributed by atoms with van der Waals surface area (Å²) < 4.78 is 1.74. The van der Waals surface area contributed by atoms with Crippen LogP contribution in [-0.2, 0) is 4.79 Å². The lowest BCUT2D eigenvalue weighted by Gasteiger charge is -2.14. The third kappa shape index (κ3) is 2.15. The molecule has 0 unspecified atom stereocenters. The summed E-state index contributed by atoms with van der Waals surface area (Å²) in [5, 5.41) is 2.63. The zero-order chi connectivity index (χ0) is 12.7. The smallest absolute Gasteiger partial charge is 0.268 e. The molecule has 3 nitrogen and oxygen atoms in total. The first kappa shape index (κ1) is 12.7. The molecular formula is C11H10Cl3N2O+. The largest absolute Gasteiger partial charge is 0.293 e. The first-order valence-electron chi connectivity index (χ1n) is 4.95. The number of hydrogen-bond acceptors (Lipinski definition) is 1. The molecular weight excluding hydrogens is 282 g/mol. The summed E-state index contributed by atoms with van der Waals surface area (Å²) in [7, 11) is 1.79. The molecule has 2 rings (SSSR count). The summed E-state index contributed by atoms with van der Waals surface area (Å²) in [6.07, 6.45) is 0.367. The number of halogens is 3. The highest BCUT2D eigenvalue weighted by Gasteiger charge is 2.37. The molecule has 0 spiro atoms. The molecule has 0 saturated carbocycles. The molecule has 0 aromatic heterocycles. The van der Waals surface area contributed by atoms with Gasteiger partial charge in [0, 0.05) is 11.9 Å². The van der Waals surface area contributed by atoms with Crippen molar-refractivity contribution in [1.82, 2.24) is 0 Å². The van der Waals surface area contributed by atoms with Crippen molar-refractivity contribution >= 4 is 52.1 Å². The maximum Gasteiger partial charge on any atom is 0.293 e. The summed E-state index contributed by atoms with van der Waals surface area (Å²) in [6.45, 7) is 1.88. The summed E-state index contributed by atoms with van der Waals surface area (Å²) in [6, 6.07) is 3.14. The van der Waals surface area contributed by atoms with E-state index in [-0.39, 0.29) is 5.91 Å². The van der Waals surface area contributed by atoms with Crippen LogP contribution in [0.5, 0.6) is 0 Å². The third-order valence-electron chi connectivity index (χ3n) is 2.69. The van der Waals surface area contributed by atoms with E-state index in [0.717, 1.165) is 5.71 Å². The molecule has 6 heteroatoms. The molecule has 0 atom stereocenters. The quantitative estimate of drug-likeness (QED) is 0.728. The Balaban J connectivity index is 2.59. The monoisotopic (exact) mass is 291 g/mol. The zero-order valence-corrected chi connectivity index (χ0v) is 11.6. The van der Waals surface area contributed by atoms with Crippen molar-refractivity contribution < 1.29 is 9.48 Å². The number of benzene rings is 1. The average Bonchev–Trinajstić information content (AvgIpc) is 2.43. The topological polar surface area (TPSA) is 23.3 Å². The highest BCUT2D eigenvalue weighted by atomic mass is 35.5. The fraction of sp³-hybridized carbons (Fsp3) is 0.273. The van der Waals surface area contributed by atoms with Gasteiger partial charge in [0.15, 0.2) is 12.8 Å². The SMILES string of the molecule is CC1=[N+](C)N(c2c(Cl)cc(Cl)cc2Cl)C(=O)C1. The Hall–Kier alpha value is -0.770. The molecule has 0 saturated heterocycles. The number of carbonyl (C=O) groups is 1. The predicted molar refractivity (Wildman–Crippen MR) is 70.4 cm³/mol. The average molecular weight is 293 g/mol. The fourth-order valence-corrected chi connectivity index (χ4v) is 2.73. The van der Waals surface area contributed by atoms with Crippen LogP contribution < -0.4 is 5.01 Å². The highest BCUT2D eigenvalue weighted by molar-refractivity contribution is 6.42. The van der Waals surface area contributed by atoms with Crippen molar-refractivity contribution in [3.8, 4) is 0 Å². The lowest BCUT2D eigenvalue weighted by Crippen LogP contribution is -2.33. The van der Waals surface area contributed by atoms with E-state index in [1.165, 1.54) is 5.01 Å². The Bertz CT molecular complexity index is 517. The molecule has 0 fully saturated rings. The number of amides is 1. The van der Waals surface area contributed by atoms with Gasteiger partial charge in [-0.25, -0.2) is 0 Å². The number of hydrogen-bond donors (Lipinski definition) is 0. The van der Waals surface area contributed by atoms with E-state index in [4.69, 9.17) is 34.8 Å². The van der Waals surface area contributed by atoms with Gasteiger partial charge in [0.1, 0.15) is 12.1 Å². The maximum absolute atomic E-state index is 11.9. The fourth-order valence-electron chi connectivity index (χ4n) is 1.76. The maximum atomic E-state index is 11.9. The van der Waals surface area contributed by atoms with Crippen LogP contribution in [-0.4, -0.2) is 23.4 Å². The molecule has 1 aromatic rings. The minimum Gasteiger partial charge on any atom is -0.268 e. The molecule has 1 amide bonds. The van der Waals surface area contributed by atoms with Gasteiger partial charge in [-0.05, 0) is 12.1 Å². The zero-order valence-electron chi connectivity index (χ0n) is 9.30. The molecule has 1 aliphatic rings. The van der Waals surface area contributed by atoms with Crippen LogP contribution in [0, 0.1) is 0 Å². The van der Waals surface area contributed by atoms with Crippen LogP contribution in [0.25, 0.3) is 0 Å². The molecule has 1 heterocycles. The van der Waals surface area contributed by atoms with Gasteiger partial charge in [-0.3, -0.25) is 4.79 Å². The summed E-state index contributed by atoms with van der Waals surface area (Å²) >= 11 is 18.0. The Labute approximate surface area is 114 Å². The van der Waals surface area contributed by atoms with E-state index in [2.05, 4.69) is 0 Å². The van der Waals surface area contributed by atoms with Gasteiger partial charge in [0.05, 0.1) is 10.0 Å².